The van der Waals surface area contributed by atoms with Crippen molar-refractivity contribution in [2.75, 3.05) is 46.6 Å². The van der Waals surface area contributed by atoms with Crippen LogP contribution < -0.4 is 20.4 Å². The van der Waals surface area contributed by atoms with Crippen LogP contribution in [0.3, 0.4) is 0 Å². The van der Waals surface area contributed by atoms with Gasteiger partial charge in [-0.3, -0.25) is 9.11 Å². The molecule has 0 radical (unpaired) electrons. The molecular weight excluding hydrogens is 947 g/mol. The Bertz CT molecular complexity index is 3280. The van der Waals surface area contributed by atoms with Crippen LogP contribution in [0.2, 0.25) is 0 Å². The molecule has 0 unspecified atom stereocenters. The van der Waals surface area contributed by atoms with Crippen molar-refractivity contribution in [3.63, 3.8) is 0 Å². The number of hydrogen-bond donors (Lipinski definition) is 4. The van der Waals surface area contributed by atoms with E-state index in [0.717, 1.165) is 43.1 Å². The van der Waals surface area contributed by atoms with Gasteiger partial charge >= 0.3 is 0 Å². The predicted molar refractivity (Wildman–Crippen MR) is 278 cm³/mol. The van der Waals surface area contributed by atoms with E-state index in [4.69, 9.17) is 15.0 Å². The summed E-state index contributed by atoms with van der Waals surface area (Å²) in [5, 5.41) is 27.3. The quantitative estimate of drug-likeness (QED) is 0.0336. The van der Waals surface area contributed by atoms with E-state index < -0.39 is 20.2 Å². The summed E-state index contributed by atoms with van der Waals surface area (Å²) in [6.45, 7) is 11.2. The Hall–Kier alpha value is -7.36. The molecule has 1 aromatic heterocycles. The number of nitrogens with zero attached hydrogens (tertiary/aromatic N) is 9. The van der Waals surface area contributed by atoms with Crippen LogP contribution in [-0.2, 0) is 26.0 Å². The van der Waals surface area contributed by atoms with Gasteiger partial charge in [0.05, 0.1) is 22.7 Å². The number of thioether (sulfide) groups is 1. The van der Waals surface area contributed by atoms with E-state index in [1.165, 1.54) is 36.0 Å². The summed E-state index contributed by atoms with van der Waals surface area (Å²) in [5.74, 6) is 0.946. The van der Waals surface area contributed by atoms with Crippen molar-refractivity contribution in [2.45, 2.75) is 48.4 Å². The van der Waals surface area contributed by atoms with Crippen LogP contribution in [0.5, 0.6) is 0 Å². The van der Waals surface area contributed by atoms with Crippen LogP contribution >= 0.6 is 11.8 Å². The first-order valence-electron chi connectivity index (χ1n) is 22.3. The van der Waals surface area contributed by atoms with E-state index >= 15 is 0 Å². The molecular formula is C50H49N11O6S3. The molecule has 7 aromatic carbocycles. The second-order valence-electron chi connectivity index (χ2n) is 15.6. The minimum Gasteiger partial charge on any atom is -0.372 e. The summed E-state index contributed by atoms with van der Waals surface area (Å²) < 4.78 is 68.8. The molecule has 17 nitrogen and oxygen atoms in total. The Kier molecular flexibility index (Phi) is 15.1. The van der Waals surface area contributed by atoms with E-state index in [2.05, 4.69) is 68.6 Å². The number of benzene rings is 7. The molecule has 0 saturated heterocycles. The predicted octanol–water partition coefficient (Wildman–Crippen LogP) is 13.0. The average molecular weight is 996 g/mol. The fraction of sp³-hybridized carbons (Fsp3) is 0.180. The van der Waals surface area contributed by atoms with Gasteiger partial charge in [-0.25, -0.2) is 0 Å². The maximum absolute atomic E-state index is 12.2. The third-order valence-corrected chi connectivity index (χ3v) is 14.1. The van der Waals surface area contributed by atoms with Gasteiger partial charge in [0.2, 0.25) is 11.9 Å². The molecule has 0 bridgehead atoms. The molecule has 358 valence electrons. The highest BCUT2D eigenvalue weighted by molar-refractivity contribution is 7.98. The van der Waals surface area contributed by atoms with E-state index in [0.29, 0.717) is 66.6 Å². The second kappa shape index (κ2) is 21.5. The molecule has 0 atom stereocenters. The monoisotopic (exact) mass is 995 g/mol. The van der Waals surface area contributed by atoms with Crippen molar-refractivity contribution in [3.05, 3.63) is 145 Å². The van der Waals surface area contributed by atoms with Crippen molar-refractivity contribution in [1.82, 2.24) is 15.0 Å². The lowest BCUT2D eigenvalue weighted by molar-refractivity contribution is 0.482. The maximum atomic E-state index is 12.2. The minimum atomic E-state index is -4.51. The largest absolute Gasteiger partial charge is 0.372 e. The zero-order valence-electron chi connectivity index (χ0n) is 38.6. The van der Waals surface area contributed by atoms with Gasteiger partial charge in [-0.1, -0.05) is 90.6 Å². The Labute approximate surface area is 410 Å². The molecule has 70 heavy (non-hydrogen) atoms. The number of fused-ring (bicyclic) bond motifs is 2. The van der Waals surface area contributed by atoms with E-state index in [9.17, 15) is 25.9 Å². The number of rotatable bonds is 19. The summed E-state index contributed by atoms with van der Waals surface area (Å²) in [6.07, 6.45) is 0. The van der Waals surface area contributed by atoms with Crippen LogP contribution in [0.15, 0.2) is 175 Å². The average Bonchev–Trinajstić information content (AvgIpc) is 3.35. The van der Waals surface area contributed by atoms with Crippen molar-refractivity contribution < 1.29 is 25.9 Å². The lowest BCUT2D eigenvalue weighted by Crippen LogP contribution is -2.21. The molecule has 8 aromatic rings. The van der Waals surface area contributed by atoms with Crippen LogP contribution in [0.25, 0.3) is 21.5 Å². The molecule has 4 N–H and O–H groups in total. The van der Waals surface area contributed by atoms with Gasteiger partial charge in [0.15, 0.2) is 5.16 Å². The van der Waals surface area contributed by atoms with Crippen LogP contribution in [0.4, 0.5) is 57.4 Å². The zero-order valence-corrected chi connectivity index (χ0v) is 41.0. The molecule has 0 aliphatic rings. The Morgan fingerprint density at radius 2 is 0.871 bits per heavy atom. The van der Waals surface area contributed by atoms with Gasteiger partial charge in [0.1, 0.15) is 21.2 Å². The summed E-state index contributed by atoms with van der Waals surface area (Å²) in [6, 6.07) is 40.5. The third-order valence-electron chi connectivity index (χ3n) is 11.3. The first-order valence-corrected chi connectivity index (χ1v) is 26.2. The third kappa shape index (κ3) is 11.4. The summed E-state index contributed by atoms with van der Waals surface area (Å²) in [4.78, 5) is 18.5. The Morgan fingerprint density at radius 1 is 0.486 bits per heavy atom. The molecule has 0 aliphatic heterocycles. The number of nitrogens with one attached hydrogen (secondary N) is 2. The number of anilines is 6. The summed E-state index contributed by atoms with van der Waals surface area (Å²) in [5.41, 5.74) is 5.55. The molecule has 0 amide bonds. The first-order chi connectivity index (χ1) is 33.8. The Balaban J connectivity index is 1.21. The fourth-order valence-corrected chi connectivity index (χ4v) is 10.0. The maximum Gasteiger partial charge on any atom is 0.295 e. The van der Waals surface area contributed by atoms with Crippen molar-refractivity contribution in [1.29, 1.82) is 0 Å². The highest BCUT2D eigenvalue weighted by Gasteiger charge is 2.19. The van der Waals surface area contributed by atoms with E-state index in [1.54, 1.807) is 48.5 Å². The lowest BCUT2D eigenvalue weighted by atomic mass is 10.1. The molecule has 0 aliphatic carbocycles. The fourth-order valence-electron chi connectivity index (χ4n) is 7.84. The molecule has 8 rings (SSSR count). The number of aromatic nitrogens is 3. The van der Waals surface area contributed by atoms with Gasteiger partial charge in [0, 0.05) is 64.9 Å². The van der Waals surface area contributed by atoms with Crippen molar-refractivity contribution in [3.8, 4) is 0 Å². The molecule has 0 fully saturated rings. The molecule has 20 heteroatoms. The van der Waals surface area contributed by atoms with E-state index in [-0.39, 0.29) is 21.7 Å². The van der Waals surface area contributed by atoms with Crippen molar-refractivity contribution in [2.24, 2.45) is 20.5 Å². The second-order valence-corrected chi connectivity index (χ2v) is 19.4. The highest BCUT2D eigenvalue weighted by atomic mass is 32.2. The topological polar surface area (TPSA) is 227 Å². The number of hydrogen-bond acceptors (Lipinski definition) is 16. The Morgan fingerprint density at radius 3 is 1.29 bits per heavy atom. The lowest BCUT2D eigenvalue weighted by Gasteiger charge is -2.22. The smallest absolute Gasteiger partial charge is 0.295 e. The summed E-state index contributed by atoms with van der Waals surface area (Å²) >= 11 is 1.42. The van der Waals surface area contributed by atoms with Crippen LogP contribution in [-0.4, -0.2) is 67.1 Å². The SMILES string of the molecule is CCN(CC)c1ccc(N=Nc2ccc(S(=O)(=O)O)c3ccccc23)c(Nc2nc(Nc3cc(N(CC)CC)ccc3N=Nc3ccc(S(=O)(=O)O)c4ccccc34)nc(SCc3ccccc3)n2)c1. The van der Waals surface area contributed by atoms with Gasteiger partial charge < -0.3 is 20.4 Å². The minimum absolute atomic E-state index is 0.192. The van der Waals surface area contributed by atoms with E-state index in [1.807, 2.05) is 66.7 Å². The van der Waals surface area contributed by atoms with Crippen LogP contribution in [0.1, 0.15) is 33.3 Å². The highest BCUT2D eigenvalue weighted by Crippen LogP contribution is 2.39. The van der Waals surface area contributed by atoms with Gasteiger partial charge in [-0.15, -0.1) is 20.5 Å². The zero-order chi connectivity index (χ0) is 49.4. The van der Waals surface area contributed by atoms with Crippen molar-refractivity contribution >= 4 is 111 Å². The molecule has 0 spiro atoms. The first kappa shape index (κ1) is 49.1. The standard InChI is InChI=1S/C50H49N11O6S3/c1-5-60(6-2)34-22-24-42(58-56-40-26-28-46(69(62,63)64)38-20-14-12-18-36(38)40)44(30-34)51-48-53-49(55-50(54-48)68-32-33-16-10-9-11-17-33)52-45-31-35(61(7-3)8-4)23-25-43(45)59-57-41-27-29-47(70(65,66)67)39-21-15-13-19-37(39)41/h9-31H,5-8,32H2,1-4H3,(H,62,63,64)(H,65,66,67)(H2,51,52,53,54,55). The summed E-state index contributed by atoms with van der Waals surface area (Å²) in [7, 11) is -9.01. The number of azo groups is 2. The molecule has 0 saturated carbocycles. The normalized spacial score (nSPS) is 12.0. The van der Waals surface area contributed by atoms with Gasteiger partial charge in [0.25, 0.3) is 20.2 Å². The van der Waals surface area contributed by atoms with Gasteiger partial charge in [-0.2, -0.15) is 31.8 Å². The van der Waals surface area contributed by atoms with Crippen LogP contribution in [0, 0.1) is 0 Å². The van der Waals surface area contributed by atoms with Gasteiger partial charge in [-0.05, 0) is 93.9 Å². The molecule has 1 heterocycles.